The summed E-state index contributed by atoms with van der Waals surface area (Å²) >= 11 is 6.07. The monoisotopic (exact) mass is 384 g/mol. The van der Waals surface area contributed by atoms with Crippen molar-refractivity contribution >= 4 is 34.1 Å². The van der Waals surface area contributed by atoms with Crippen LogP contribution >= 0.6 is 11.6 Å². The molecule has 5 nitrogen and oxygen atoms in total. The molecule has 1 N–H and O–H groups in total. The lowest BCUT2D eigenvalue weighted by molar-refractivity contribution is -0.116. The fourth-order valence-corrected chi connectivity index (χ4v) is 3.45. The number of hydrogen-bond donors (Lipinski definition) is 1. The summed E-state index contributed by atoms with van der Waals surface area (Å²) in [4.78, 5) is 12.5. The Labute approximate surface area is 162 Å². The molecule has 1 atom stereocenters. The van der Waals surface area contributed by atoms with Crippen LogP contribution in [0.3, 0.4) is 0 Å². The first kappa shape index (κ1) is 17.9. The average Bonchev–Trinajstić information content (AvgIpc) is 3.30. The van der Waals surface area contributed by atoms with E-state index in [0.29, 0.717) is 17.3 Å². The van der Waals surface area contributed by atoms with Crippen LogP contribution in [-0.2, 0) is 16.1 Å². The van der Waals surface area contributed by atoms with Gasteiger partial charge in [-0.25, -0.2) is 0 Å². The van der Waals surface area contributed by atoms with Crippen LogP contribution < -0.4 is 10.1 Å². The minimum absolute atomic E-state index is 0.108. The third kappa shape index (κ3) is 4.43. The summed E-state index contributed by atoms with van der Waals surface area (Å²) in [7, 11) is 0. The molecule has 1 amide bonds. The van der Waals surface area contributed by atoms with Gasteiger partial charge in [0.2, 0.25) is 5.91 Å². The van der Waals surface area contributed by atoms with E-state index in [-0.39, 0.29) is 18.6 Å². The molecule has 1 unspecified atom stereocenters. The molecule has 1 fully saturated rings. The van der Waals surface area contributed by atoms with Crippen molar-refractivity contribution in [1.29, 1.82) is 0 Å². The molecular formula is C21H21ClN2O3. The number of benzene rings is 2. The van der Waals surface area contributed by atoms with Crippen molar-refractivity contribution in [3.8, 4) is 5.75 Å². The summed E-state index contributed by atoms with van der Waals surface area (Å²) in [6.45, 7) is 1.56. The van der Waals surface area contributed by atoms with Crippen LogP contribution in [0.25, 0.3) is 10.9 Å². The second kappa shape index (κ2) is 8.03. The van der Waals surface area contributed by atoms with Gasteiger partial charge in [-0.15, -0.1) is 0 Å². The molecule has 27 heavy (non-hydrogen) atoms. The van der Waals surface area contributed by atoms with Crippen molar-refractivity contribution in [2.45, 2.75) is 25.5 Å². The summed E-state index contributed by atoms with van der Waals surface area (Å²) in [6.07, 6.45) is 4.17. The van der Waals surface area contributed by atoms with Crippen molar-refractivity contribution in [2.24, 2.45) is 0 Å². The van der Waals surface area contributed by atoms with Crippen LogP contribution in [0.5, 0.6) is 5.75 Å². The van der Waals surface area contributed by atoms with Crippen LogP contribution in [0, 0.1) is 0 Å². The molecular weight excluding hydrogens is 364 g/mol. The van der Waals surface area contributed by atoms with Gasteiger partial charge in [0, 0.05) is 35.1 Å². The van der Waals surface area contributed by atoms with Gasteiger partial charge in [-0.1, -0.05) is 23.7 Å². The van der Waals surface area contributed by atoms with Gasteiger partial charge in [-0.3, -0.25) is 4.79 Å². The zero-order chi connectivity index (χ0) is 18.6. The standard InChI is InChI=1S/C21H21ClN2O3/c22-16-7-6-15-8-9-24(20(15)11-16)13-21(25)23-17-3-1-4-18(12-17)27-14-19-5-2-10-26-19/h1,3-4,6-9,11-12,19H,2,5,10,13-14H2,(H,23,25). The molecule has 2 aromatic carbocycles. The molecule has 0 bridgehead atoms. The summed E-state index contributed by atoms with van der Waals surface area (Å²) < 4.78 is 13.2. The van der Waals surface area contributed by atoms with Crippen LogP contribution in [-0.4, -0.2) is 29.8 Å². The first-order valence-corrected chi connectivity index (χ1v) is 9.44. The van der Waals surface area contributed by atoms with Crippen molar-refractivity contribution in [1.82, 2.24) is 4.57 Å². The Morgan fingerprint density at radius 1 is 1.26 bits per heavy atom. The van der Waals surface area contributed by atoms with Crippen LogP contribution in [0.15, 0.2) is 54.7 Å². The number of halogens is 1. The summed E-state index contributed by atoms with van der Waals surface area (Å²) in [5, 5.41) is 4.63. The quantitative estimate of drug-likeness (QED) is 0.681. The molecule has 0 saturated carbocycles. The molecule has 140 valence electrons. The SMILES string of the molecule is O=C(Cn1ccc2ccc(Cl)cc21)Nc1cccc(OCC2CCCO2)c1. The van der Waals surface area contributed by atoms with Crippen LogP contribution in [0.4, 0.5) is 5.69 Å². The van der Waals surface area contributed by atoms with E-state index >= 15 is 0 Å². The van der Waals surface area contributed by atoms with Gasteiger partial charge in [0.15, 0.2) is 0 Å². The number of anilines is 1. The number of carbonyl (C=O) groups is 1. The second-order valence-electron chi connectivity index (χ2n) is 6.67. The number of amides is 1. The van der Waals surface area contributed by atoms with Crippen LogP contribution in [0.2, 0.25) is 5.02 Å². The highest BCUT2D eigenvalue weighted by molar-refractivity contribution is 6.31. The average molecular weight is 385 g/mol. The first-order chi connectivity index (χ1) is 13.2. The fraction of sp³-hybridized carbons (Fsp3) is 0.286. The maximum atomic E-state index is 12.5. The van der Waals surface area contributed by atoms with E-state index in [2.05, 4.69) is 5.32 Å². The topological polar surface area (TPSA) is 52.5 Å². The third-order valence-corrected chi connectivity index (χ3v) is 4.86. The van der Waals surface area contributed by atoms with E-state index in [9.17, 15) is 4.79 Å². The smallest absolute Gasteiger partial charge is 0.244 e. The Balaban J connectivity index is 1.38. The van der Waals surface area contributed by atoms with E-state index in [1.807, 2.05) is 59.3 Å². The number of rotatable bonds is 6. The summed E-state index contributed by atoms with van der Waals surface area (Å²) in [5.74, 6) is 0.616. The Hall–Kier alpha value is -2.50. The molecule has 6 heteroatoms. The minimum atomic E-state index is -0.108. The molecule has 1 aromatic heterocycles. The zero-order valence-electron chi connectivity index (χ0n) is 14.9. The largest absolute Gasteiger partial charge is 0.491 e. The third-order valence-electron chi connectivity index (χ3n) is 4.63. The molecule has 2 heterocycles. The normalized spacial score (nSPS) is 16.6. The maximum Gasteiger partial charge on any atom is 0.244 e. The van der Waals surface area contributed by atoms with E-state index < -0.39 is 0 Å². The lowest BCUT2D eigenvalue weighted by Crippen LogP contribution is -2.18. The Kier molecular flexibility index (Phi) is 5.32. The molecule has 4 rings (SSSR count). The predicted octanol–water partition coefficient (Wildman–Crippen LogP) is 4.49. The zero-order valence-corrected chi connectivity index (χ0v) is 15.6. The van der Waals surface area contributed by atoms with Crippen molar-refractivity contribution in [3.05, 3.63) is 59.8 Å². The van der Waals surface area contributed by atoms with E-state index in [1.54, 1.807) is 0 Å². The van der Waals surface area contributed by atoms with Crippen LogP contribution in [0.1, 0.15) is 12.8 Å². The summed E-state index contributed by atoms with van der Waals surface area (Å²) in [5.41, 5.74) is 1.64. The fourth-order valence-electron chi connectivity index (χ4n) is 3.28. The van der Waals surface area contributed by atoms with Gasteiger partial charge in [-0.05, 0) is 48.6 Å². The summed E-state index contributed by atoms with van der Waals surface area (Å²) in [6, 6.07) is 15.1. The minimum Gasteiger partial charge on any atom is -0.491 e. The first-order valence-electron chi connectivity index (χ1n) is 9.06. The lowest BCUT2D eigenvalue weighted by atomic mass is 10.2. The Morgan fingerprint density at radius 2 is 2.19 bits per heavy atom. The van der Waals surface area contributed by atoms with Crippen molar-refractivity contribution < 1.29 is 14.3 Å². The van der Waals surface area contributed by atoms with Crippen molar-refractivity contribution in [2.75, 3.05) is 18.5 Å². The number of aromatic nitrogens is 1. The number of nitrogens with one attached hydrogen (secondary N) is 1. The Bertz CT molecular complexity index is 948. The molecule has 1 saturated heterocycles. The highest BCUT2D eigenvalue weighted by atomic mass is 35.5. The molecule has 0 radical (unpaired) electrons. The van der Waals surface area contributed by atoms with Gasteiger partial charge < -0.3 is 19.4 Å². The van der Waals surface area contributed by atoms with E-state index in [4.69, 9.17) is 21.1 Å². The Morgan fingerprint density at radius 3 is 3.04 bits per heavy atom. The predicted molar refractivity (Wildman–Crippen MR) is 106 cm³/mol. The van der Waals surface area contributed by atoms with Crippen molar-refractivity contribution in [3.63, 3.8) is 0 Å². The number of ether oxygens (including phenoxy) is 2. The molecule has 0 aliphatic carbocycles. The van der Waals surface area contributed by atoms with Gasteiger partial charge in [0.05, 0.1) is 6.10 Å². The highest BCUT2D eigenvalue weighted by Gasteiger charge is 2.16. The van der Waals surface area contributed by atoms with Gasteiger partial charge in [0.1, 0.15) is 18.9 Å². The maximum absolute atomic E-state index is 12.5. The van der Waals surface area contributed by atoms with Gasteiger partial charge >= 0.3 is 0 Å². The number of nitrogens with zero attached hydrogens (tertiary/aromatic N) is 1. The second-order valence-corrected chi connectivity index (χ2v) is 7.11. The van der Waals surface area contributed by atoms with Gasteiger partial charge in [0.25, 0.3) is 0 Å². The molecule has 1 aliphatic heterocycles. The van der Waals surface area contributed by atoms with Gasteiger partial charge in [-0.2, -0.15) is 0 Å². The number of carbonyl (C=O) groups excluding carboxylic acids is 1. The van der Waals surface area contributed by atoms with E-state index in [0.717, 1.165) is 36.1 Å². The number of fused-ring (bicyclic) bond motifs is 1. The lowest BCUT2D eigenvalue weighted by Gasteiger charge is -2.13. The molecule has 0 spiro atoms. The highest BCUT2D eigenvalue weighted by Crippen LogP contribution is 2.22. The molecule has 1 aliphatic rings. The number of hydrogen-bond acceptors (Lipinski definition) is 3. The van der Waals surface area contributed by atoms with E-state index in [1.165, 1.54) is 0 Å². The molecule has 3 aromatic rings.